The van der Waals surface area contributed by atoms with Gasteiger partial charge in [0.2, 0.25) is 0 Å². The second-order valence-electron chi connectivity index (χ2n) is 13.5. The molecule has 0 spiro atoms. The van der Waals surface area contributed by atoms with Gasteiger partial charge in [0.15, 0.2) is 0 Å². The number of aliphatic hydroxyl groups is 1. The minimum absolute atomic E-state index is 0.359. The second kappa shape index (κ2) is 13.0. The van der Waals surface area contributed by atoms with Crippen LogP contribution < -0.4 is 5.32 Å². The second-order valence-corrected chi connectivity index (χ2v) is 14.0. The van der Waals surface area contributed by atoms with Crippen molar-refractivity contribution in [1.29, 1.82) is 0 Å². The molecule has 4 rings (SSSR count). The lowest BCUT2D eigenvalue weighted by molar-refractivity contribution is 0.0120. The van der Waals surface area contributed by atoms with Crippen molar-refractivity contribution in [2.45, 2.75) is 97.9 Å². The fourth-order valence-corrected chi connectivity index (χ4v) is 7.97. The van der Waals surface area contributed by atoms with Gasteiger partial charge in [-0.05, 0) is 105 Å². The Hall–Kier alpha value is -0.610. The van der Waals surface area contributed by atoms with Crippen molar-refractivity contribution in [3.05, 3.63) is 34.4 Å². The van der Waals surface area contributed by atoms with E-state index in [1.54, 1.807) is 5.57 Å². The SMILES string of the molecule is CC(C)[C@H](CN1CCC(C2CC=C(Cl)CC2)C(C)(C)C1)NCC1=CCCC(C2CCCC(CO)C2)=C1. The quantitative estimate of drug-likeness (QED) is 0.337. The van der Waals surface area contributed by atoms with Gasteiger partial charge in [0.25, 0.3) is 0 Å². The maximum Gasteiger partial charge on any atom is 0.0459 e. The van der Waals surface area contributed by atoms with Crippen LogP contribution in [0.25, 0.3) is 0 Å². The van der Waals surface area contributed by atoms with Gasteiger partial charge >= 0.3 is 0 Å². The van der Waals surface area contributed by atoms with Crippen LogP contribution in [0.1, 0.15) is 91.9 Å². The maximum absolute atomic E-state index is 9.66. The Bertz CT molecular complexity index is 813. The van der Waals surface area contributed by atoms with Crippen LogP contribution in [0, 0.1) is 35.0 Å². The fourth-order valence-electron chi connectivity index (χ4n) is 7.77. The summed E-state index contributed by atoms with van der Waals surface area (Å²) in [5, 5.41) is 14.7. The lowest BCUT2D eigenvalue weighted by atomic mass is 9.65. The third-order valence-corrected chi connectivity index (χ3v) is 10.3. The molecule has 4 unspecified atom stereocenters. The first-order valence-corrected chi connectivity index (χ1v) is 15.4. The Labute approximate surface area is 226 Å². The average Bonchev–Trinajstić information content (AvgIpc) is 2.87. The van der Waals surface area contributed by atoms with E-state index in [9.17, 15) is 5.11 Å². The number of nitrogens with zero attached hydrogens (tertiary/aromatic N) is 1. The van der Waals surface area contributed by atoms with Crippen LogP contribution in [0.5, 0.6) is 0 Å². The Morgan fingerprint density at radius 2 is 1.97 bits per heavy atom. The van der Waals surface area contributed by atoms with Crippen LogP contribution in [0.3, 0.4) is 0 Å². The van der Waals surface area contributed by atoms with Crippen molar-refractivity contribution in [3.8, 4) is 0 Å². The lowest BCUT2D eigenvalue weighted by Crippen LogP contribution is -2.53. The van der Waals surface area contributed by atoms with Gasteiger partial charge in [-0.1, -0.05) is 69.5 Å². The van der Waals surface area contributed by atoms with Crippen LogP contribution in [0.2, 0.25) is 0 Å². The van der Waals surface area contributed by atoms with E-state index in [0.29, 0.717) is 35.8 Å². The first-order chi connectivity index (χ1) is 17.2. The molecule has 3 aliphatic carbocycles. The Balaban J connectivity index is 1.30. The van der Waals surface area contributed by atoms with Crippen molar-refractivity contribution >= 4 is 11.6 Å². The van der Waals surface area contributed by atoms with Crippen molar-refractivity contribution < 1.29 is 5.11 Å². The van der Waals surface area contributed by atoms with Crippen LogP contribution in [-0.2, 0) is 0 Å². The van der Waals surface area contributed by atoms with Gasteiger partial charge in [0.1, 0.15) is 0 Å². The molecule has 2 N–H and O–H groups in total. The Morgan fingerprint density at radius 1 is 1.14 bits per heavy atom. The van der Waals surface area contributed by atoms with Gasteiger partial charge in [-0.15, -0.1) is 0 Å². The predicted molar refractivity (Wildman–Crippen MR) is 154 cm³/mol. The summed E-state index contributed by atoms with van der Waals surface area (Å²) in [6.07, 6.45) is 19.5. The van der Waals surface area contributed by atoms with E-state index in [1.807, 2.05) is 0 Å². The molecule has 0 aromatic heterocycles. The molecule has 1 aliphatic heterocycles. The number of halogens is 1. The monoisotopic (exact) mass is 516 g/mol. The van der Waals surface area contributed by atoms with Gasteiger partial charge in [-0.2, -0.15) is 0 Å². The number of hydrogen-bond donors (Lipinski definition) is 2. The minimum Gasteiger partial charge on any atom is -0.396 e. The Morgan fingerprint density at radius 3 is 2.67 bits per heavy atom. The molecule has 3 nitrogen and oxygen atoms in total. The van der Waals surface area contributed by atoms with E-state index in [1.165, 1.54) is 76.5 Å². The number of hydrogen-bond acceptors (Lipinski definition) is 3. The number of rotatable bonds is 9. The topological polar surface area (TPSA) is 35.5 Å². The first kappa shape index (κ1) is 28.4. The summed E-state index contributed by atoms with van der Waals surface area (Å²) in [5.41, 5.74) is 3.49. The average molecular weight is 517 g/mol. The molecule has 0 radical (unpaired) electrons. The van der Waals surface area contributed by atoms with E-state index in [0.717, 1.165) is 36.4 Å². The largest absolute Gasteiger partial charge is 0.396 e. The van der Waals surface area contributed by atoms with Crippen molar-refractivity contribution in [3.63, 3.8) is 0 Å². The number of piperidine rings is 1. The highest BCUT2D eigenvalue weighted by molar-refractivity contribution is 6.29. The van der Waals surface area contributed by atoms with E-state index < -0.39 is 0 Å². The molecule has 5 atom stereocenters. The van der Waals surface area contributed by atoms with Gasteiger partial charge < -0.3 is 15.3 Å². The van der Waals surface area contributed by atoms with E-state index in [2.05, 4.69) is 56.1 Å². The molecule has 1 saturated carbocycles. The van der Waals surface area contributed by atoms with Gasteiger partial charge in [-0.25, -0.2) is 0 Å². The van der Waals surface area contributed by atoms with Crippen molar-refractivity contribution in [2.24, 2.45) is 35.0 Å². The summed E-state index contributed by atoms with van der Waals surface area (Å²) in [6, 6.07) is 0.516. The summed E-state index contributed by atoms with van der Waals surface area (Å²) in [4.78, 5) is 2.74. The van der Waals surface area contributed by atoms with Crippen LogP contribution in [0.4, 0.5) is 0 Å². The summed E-state index contributed by atoms with van der Waals surface area (Å²) < 4.78 is 0. The zero-order valence-electron chi connectivity index (χ0n) is 23.6. The molecule has 4 heteroatoms. The molecular weight excluding hydrogens is 464 g/mol. The van der Waals surface area contributed by atoms with E-state index in [-0.39, 0.29) is 0 Å². The molecule has 1 heterocycles. The van der Waals surface area contributed by atoms with E-state index >= 15 is 0 Å². The third-order valence-electron chi connectivity index (χ3n) is 9.96. The standard InChI is InChI=1S/C32H53ClN2O/c1-23(2)31(20-35-16-15-30(32(3,4)22-35)26-11-13-29(33)14-12-26)34-19-24-7-5-9-27(17-24)28-10-6-8-25(18-28)21-36/h7,13,17,23,25-26,28,30-31,34,36H,5-6,8-12,14-16,18-22H2,1-4H3/t25?,26?,28?,30?,31-/m0/s1. The molecule has 1 saturated heterocycles. The molecule has 2 fully saturated rings. The normalized spacial score (nSPS) is 32.6. The summed E-state index contributed by atoms with van der Waals surface area (Å²) in [6.45, 7) is 14.7. The highest BCUT2D eigenvalue weighted by atomic mass is 35.5. The zero-order valence-corrected chi connectivity index (χ0v) is 24.3. The number of likely N-dealkylation sites (tertiary alicyclic amines) is 1. The molecule has 0 bridgehead atoms. The molecule has 204 valence electrons. The lowest BCUT2D eigenvalue weighted by Gasteiger charge is -2.49. The van der Waals surface area contributed by atoms with Crippen LogP contribution >= 0.6 is 11.6 Å². The highest BCUT2D eigenvalue weighted by Crippen LogP contribution is 2.45. The summed E-state index contributed by atoms with van der Waals surface area (Å²) in [7, 11) is 0. The van der Waals surface area contributed by atoms with Gasteiger partial charge in [0.05, 0.1) is 0 Å². The van der Waals surface area contributed by atoms with E-state index in [4.69, 9.17) is 11.6 Å². The van der Waals surface area contributed by atoms with Crippen molar-refractivity contribution in [1.82, 2.24) is 10.2 Å². The highest BCUT2D eigenvalue weighted by Gasteiger charge is 2.40. The smallest absolute Gasteiger partial charge is 0.0459 e. The molecule has 0 amide bonds. The van der Waals surface area contributed by atoms with Crippen LogP contribution in [-0.4, -0.2) is 48.8 Å². The zero-order chi connectivity index (χ0) is 25.7. The summed E-state index contributed by atoms with van der Waals surface area (Å²) in [5.74, 6) is 3.44. The molecule has 0 aromatic carbocycles. The maximum atomic E-state index is 9.66. The van der Waals surface area contributed by atoms with Gasteiger partial charge in [-0.3, -0.25) is 0 Å². The van der Waals surface area contributed by atoms with Gasteiger partial charge in [0, 0.05) is 37.3 Å². The Kier molecular flexibility index (Phi) is 10.2. The molecular formula is C32H53ClN2O. The van der Waals surface area contributed by atoms with Crippen LogP contribution in [0.15, 0.2) is 34.4 Å². The molecule has 0 aromatic rings. The molecule has 4 aliphatic rings. The number of aliphatic hydroxyl groups excluding tert-OH is 1. The number of allylic oxidation sites excluding steroid dienone is 4. The fraction of sp³-hybridized carbons (Fsp3) is 0.812. The third kappa shape index (κ3) is 7.49. The summed E-state index contributed by atoms with van der Waals surface area (Å²) >= 11 is 6.28. The predicted octanol–water partition coefficient (Wildman–Crippen LogP) is 7.32. The van der Waals surface area contributed by atoms with Crippen molar-refractivity contribution in [2.75, 3.05) is 32.8 Å². The first-order valence-electron chi connectivity index (χ1n) is 15.1. The number of nitrogens with one attached hydrogen (secondary N) is 1. The minimum atomic E-state index is 0.359. The molecule has 36 heavy (non-hydrogen) atoms.